The Kier molecular flexibility index (Phi) is 3.19. The Morgan fingerprint density at radius 1 is 1.37 bits per heavy atom. The lowest BCUT2D eigenvalue weighted by molar-refractivity contribution is -0.153. The van der Waals surface area contributed by atoms with Crippen LogP contribution in [0.15, 0.2) is 24.3 Å². The largest absolute Gasteiger partial charge is 0.489 e. The summed E-state index contributed by atoms with van der Waals surface area (Å²) in [5.41, 5.74) is 0.248. The van der Waals surface area contributed by atoms with E-state index in [4.69, 9.17) is 14.6 Å². The first-order valence-electron chi connectivity index (χ1n) is 6.81. The van der Waals surface area contributed by atoms with E-state index in [1.54, 1.807) is 24.3 Å². The van der Waals surface area contributed by atoms with Crippen LogP contribution in [0.5, 0.6) is 5.75 Å². The van der Waals surface area contributed by atoms with Gasteiger partial charge in [-0.15, -0.1) is 0 Å². The van der Waals surface area contributed by atoms with Crippen molar-refractivity contribution in [3.8, 4) is 5.75 Å². The molecule has 1 atom stereocenters. The lowest BCUT2D eigenvalue weighted by atomic mass is 9.74. The minimum absolute atomic E-state index is 0.0150. The lowest BCUT2D eigenvalue weighted by Crippen LogP contribution is -2.48. The number of para-hydroxylation sites is 1. The average molecular weight is 262 g/mol. The first-order valence-corrected chi connectivity index (χ1v) is 6.81. The molecule has 1 aromatic rings. The predicted octanol–water partition coefficient (Wildman–Crippen LogP) is 2.87. The molecule has 3 rings (SSSR count). The van der Waals surface area contributed by atoms with E-state index in [0.29, 0.717) is 12.4 Å². The summed E-state index contributed by atoms with van der Waals surface area (Å²) < 4.78 is 11.8. The highest BCUT2D eigenvalue weighted by atomic mass is 16.5. The van der Waals surface area contributed by atoms with E-state index >= 15 is 0 Å². The van der Waals surface area contributed by atoms with Crippen molar-refractivity contribution in [1.29, 1.82) is 0 Å². The Balaban J connectivity index is 1.72. The van der Waals surface area contributed by atoms with Gasteiger partial charge in [-0.1, -0.05) is 12.1 Å². The lowest BCUT2D eigenvalue weighted by Gasteiger charge is -2.46. The highest BCUT2D eigenvalue weighted by Gasteiger charge is 2.43. The van der Waals surface area contributed by atoms with E-state index in [1.807, 2.05) is 0 Å². The Hall–Kier alpha value is -1.55. The van der Waals surface area contributed by atoms with Gasteiger partial charge in [0.2, 0.25) is 0 Å². The third-order valence-corrected chi connectivity index (χ3v) is 4.12. The quantitative estimate of drug-likeness (QED) is 0.910. The molecule has 2 fully saturated rings. The molecule has 1 unspecified atom stereocenters. The van der Waals surface area contributed by atoms with Gasteiger partial charge >= 0.3 is 5.97 Å². The van der Waals surface area contributed by atoms with Crippen molar-refractivity contribution in [2.45, 2.75) is 43.8 Å². The SMILES string of the molecule is O=C(O)c1ccccc1OC1CCOC2(CCC2)C1. The number of rotatable bonds is 3. The summed E-state index contributed by atoms with van der Waals surface area (Å²) in [4.78, 5) is 11.2. The first kappa shape index (κ1) is 12.5. The second-order valence-corrected chi connectivity index (χ2v) is 5.42. The van der Waals surface area contributed by atoms with E-state index < -0.39 is 5.97 Å². The Bertz CT molecular complexity index is 479. The molecule has 0 amide bonds. The van der Waals surface area contributed by atoms with Gasteiger partial charge in [0, 0.05) is 12.8 Å². The topological polar surface area (TPSA) is 55.8 Å². The summed E-state index contributed by atoms with van der Waals surface area (Å²) in [6.45, 7) is 0.708. The zero-order valence-electron chi connectivity index (χ0n) is 10.8. The third kappa shape index (κ3) is 2.45. The van der Waals surface area contributed by atoms with Crippen LogP contribution in [-0.4, -0.2) is 29.4 Å². The summed E-state index contributed by atoms with van der Waals surface area (Å²) in [5.74, 6) is -0.475. The number of hydrogen-bond donors (Lipinski definition) is 1. The van der Waals surface area contributed by atoms with E-state index in [-0.39, 0.29) is 17.3 Å². The van der Waals surface area contributed by atoms with Crippen LogP contribution < -0.4 is 4.74 Å². The monoisotopic (exact) mass is 262 g/mol. The normalized spacial score (nSPS) is 24.7. The molecule has 1 aliphatic carbocycles. The molecule has 102 valence electrons. The van der Waals surface area contributed by atoms with E-state index in [2.05, 4.69) is 0 Å². The van der Waals surface area contributed by atoms with Crippen molar-refractivity contribution in [3.05, 3.63) is 29.8 Å². The summed E-state index contributed by atoms with van der Waals surface area (Å²) >= 11 is 0. The van der Waals surface area contributed by atoms with Crippen LogP contribution >= 0.6 is 0 Å². The van der Waals surface area contributed by atoms with Crippen LogP contribution in [-0.2, 0) is 4.74 Å². The first-order chi connectivity index (χ1) is 9.19. The van der Waals surface area contributed by atoms with Crippen molar-refractivity contribution in [1.82, 2.24) is 0 Å². The molecule has 0 radical (unpaired) electrons. The maximum absolute atomic E-state index is 11.2. The predicted molar refractivity (Wildman–Crippen MR) is 69.6 cm³/mol. The Morgan fingerprint density at radius 3 is 2.84 bits per heavy atom. The fourth-order valence-electron chi connectivity index (χ4n) is 2.93. The van der Waals surface area contributed by atoms with Crippen LogP contribution in [0.3, 0.4) is 0 Å². The highest BCUT2D eigenvalue weighted by molar-refractivity contribution is 5.90. The summed E-state index contributed by atoms with van der Waals surface area (Å²) in [6, 6.07) is 6.83. The van der Waals surface area contributed by atoms with Gasteiger partial charge in [0.25, 0.3) is 0 Å². The van der Waals surface area contributed by atoms with Gasteiger partial charge in [0.15, 0.2) is 0 Å². The van der Waals surface area contributed by atoms with E-state index in [1.165, 1.54) is 6.42 Å². The standard InChI is InChI=1S/C15H18O4/c16-14(17)12-4-1-2-5-13(12)19-11-6-9-18-15(10-11)7-3-8-15/h1-2,4-5,11H,3,6-10H2,(H,16,17). The minimum Gasteiger partial charge on any atom is -0.489 e. The molecular weight excluding hydrogens is 244 g/mol. The molecule has 4 nitrogen and oxygen atoms in total. The molecule has 1 spiro atoms. The van der Waals surface area contributed by atoms with Crippen molar-refractivity contribution >= 4 is 5.97 Å². The van der Waals surface area contributed by atoms with Gasteiger partial charge in [-0.05, 0) is 31.4 Å². The van der Waals surface area contributed by atoms with Crippen LogP contribution in [0.25, 0.3) is 0 Å². The molecule has 19 heavy (non-hydrogen) atoms. The van der Waals surface area contributed by atoms with Crippen LogP contribution in [0.2, 0.25) is 0 Å². The van der Waals surface area contributed by atoms with Gasteiger partial charge in [0.1, 0.15) is 17.4 Å². The van der Waals surface area contributed by atoms with Crippen LogP contribution in [0.4, 0.5) is 0 Å². The molecular formula is C15H18O4. The fraction of sp³-hybridized carbons (Fsp3) is 0.533. The molecule has 1 N–H and O–H groups in total. The maximum Gasteiger partial charge on any atom is 0.339 e. The van der Waals surface area contributed by atoms with Gasteiger partial charge in [0.05, 0.1) is 12.2 Å². The second-order valence-electron chi connectivity index (χ2n) is 5.42. The minimum atomic E-state index is -0.944. The van der Waals surface area contributed by atoms with Crippen molar-refractivity contribution in [2.24, 2.45) is 0 Å². The molecule has 2 aliphatic rings. The number of carbonyl (C=O) groups is 1. The molecule has 4 heteroatoms. The molecule has 1 saturated heterocycles. The van der Waals surface area contributed by atoms with Gasteiger partial charge in [-0.3, -0.25) is 0 Å². The molecule has 1 aliphatic heterocycles. The van der Waals surface area contributed by atoms with Gasteiger partial charge in [-0.2, -0.15) is 0 Å². The zero-order valence-corrected chi connectivity index (χ0v) is 10.8. The molecule has 1 saturated carbocycles. The fourth-order valence-corrected chi connectivity index (χ4v) is 2.93. The van der Waals surface area contributed by atoms with Crippen molar-refractivity contribution in [2.75, 3.05) is 6.61 Å². The van der Waals surface area contributed by atoms with Crippen LogP contribution in [0, 0.1) is 0 Å². The average Bonchev–Trinajstić information content (AvgIpc) is 2.37. The van der Waals surface area contributed by atoms with Crippen LogP contribution in [0.1, 0.15) is 42.5 Å². The molecule has 1 heterocycles. The Labute approximate surface area is 112 Å². The highest BCUT2D eigenvalue weighted by Crippen LogP contribution is 2.43. The summed E-state index contributed by atoms with van der Waals surface area (Å²) in [7, 11) is 0. The molecule has 0 bridgehead atoms. The summed E-state index contributed by atoms with van der Waals surface area (Å²) in [6.07, 6.45) is 5.20. The zero-order chi connectivity index (χ0) is 13.3. The van der Waals surface area contributed by atoms with Crippen molar-refractivity contribution < 1.29 is 19.4 Å². The Morgan fingerprint density at radius 2 is 2.16 bits per heavy atom. The number of carboxylic acids is 1. The number of ether oxygens (including phenoxy) is 2. The van der Waals surface area contributed by atoms with Gasteiger partial charge in [-0.25, -0.2) is 4.79 Å². The maximum atomic E-state index is 11.2. The van der Waals surface area contributed by atoms with E-state index in [9.17, 15) is 4.79 Å². The number of benzene rings is 1. The number of carboxylic acid groups (broad SMARTS) is 1. The second kappa shape index (κ2) is 4.85. The number of hydrogen-bond acceptors (Lipinski definition) is 3. The smallest absolute Gasteiger partial charge is 0.339 e. The van der Waals surface area contributed by atoms with E-state index in [0.717, 1.165) is 25.7 Å². The third-order valence-electron chi connectivity index (χ3n) is 4.12. The van der Waals surface area contributed by atoms with Gasteiger partial charge < -0.3 is 14.6 Å². The molecule has 0 aromatic heterocycles. The van der Waals surface area contributed by atoms with Crippen molar-refractivity contribution in [3.63, 3.8) is 0 Å². The summed E-state index contributed by atoms with van der Waals surface area (Å²) in [5, 5.41) is 9.15. The number of aromatic carboxylic acids is 1. The molecule has 1 aromatic carbocycles.